The van der Waals surface area contributed by atoms with E-state index in [0.29, 0.717) is 24.5 Å². The molecule has 27 heavy (non-hydrogen) atoms. The number of ether oxygens (including phenoxy) is 2. The SMILES string of the molecule is COCc1cc(/C(C)=N\NC(=O)CCSc2ccc(F)cc2)ccc1OC. The third kappa shape index (κ3) is 6.69. The normalized spacial score (nSPS) is 11.3. The van der Waals surface area contributed by atoms with E-state index in [4.69, 9.17) is 9.47 Å². The van der Waals surface area contributed by atoms with Crippen molar-refractivity contribution in [3.05, 3.63) is 59.4 Å². The van der Waals surface area contributed by atoms with E-state index < -0.39 is 0 Å². The average molecular weight is 390 g/mol. The number of rotatable bonds is 9. The van der Waals surface area contributed by atoms with Crippen LogP contribution < -0.4 is 10.2 Å². The van der Waals surface area contributed by atoms with E-state index in [-0.39, 0.29) is 11.7 Å². The fourth-order valence-electron chi connectivity index (χ4n) is 2.33. The smallest absolute Gasteiger partial charge is 0.240 e. The number of methoxy groups -OCH3 is 2. The van der Waals surface area contributed by atoms with E-state index in [1.165, 1.54) is 23.9 Å². The number of carbonyl (C=O) groups excluding carboxylic acids is 1. The molecule has 7 heteroatoms. The molecule has 0 aliphatic rings. The van der Waals surface area contributed by atoms with Crippen molar-refractivity contribution in [3.8, 4) is 5.75 Å². The van der Waals surface area contributed by atoms with Crippen molar-refractivity contribution in [1.29, 1.82) is 0 Å². The van der Waals surface area contributed by atoms with Gasteiger partial charge in [0.1, 0.15) is 11.6 Å². The maximum Gasteiger partial charge on any atom is 0.240 e. The number of hydrazone groups is 1. The molecule has 0 heterocycles. The highest BCUT2D eigenvalue weighted by molar-refractivity contribution is 7.99. The van der Waals surface area contributed by atoms with E-state index in [1.54, 1.807) is 26.4 Å². The van der Waals surface area contributed by atoms with Crippen molar-refractivity contribution < 1.29 is 18.7 Å². The van der Waals surface area contributed by atoms with Crippen molar-refractivity contribution in [1.82, 2.24) is 5.43 Å². The standard InChI is InChI=1S/C20H23FN2O3S/c1-14(15-4-9-19(26-3)16(12-15)13-25-2)22-23-20(24)10-11-27-18-7-5-17(21)6-8-18/h4-9,12H,10-11,13H2,1-3H3,(H,23,24)/b22-14-. The molecule has 144 valence electrons. The van der Waals surface area contributed by atoms with Crippen LogP contribution in [0.15, 0.2) is 52.5 Å². The fourth-order valence-corrected chi connectivity index (χ4v) is 3.18. The molecule has 0 aliphatic carbocycles. The molecule has 1 amide bonds. The Hall–Kier alpha value is -2.38. The van der Waals surface area contributed by atoms with Gasteiger partial charge in [-0.3, -0.25) is 4.79 Å². The van der Waals surface area contributed by atoms with Gasteiger partial charge in [-0.05, 0) is 55.0 Å². The molecule has 0 atom stereocenters. The fraction of sp³-hybridized carbons (Fsp3) is 0.300. The second-order valence-electron chi connectivity index (χ2n) is 5.74. The minimum atomic E-state index is -0.269. The molecule has 0 bridgehead atoms. The number of thioether (sulfide) groups is 1. The minimum Gasteiger partial charge on any atom is -0.496 e. The first kappa shape index (κ1) is 20.9. The van der Waals surface area contributed by atoms with Gasteiger partial charge in [0, 0.05) is 29.7 Å². The zero-order chi connectivity index (χ0) is 19.6. The molecule has 2 rings (SSSR count). The van der Waals surface area contributed by atoms with Crippen LogP contribution in [0, 0.1) is 5.82 Å². The molecular weight excluding hydrogens is 367 g/mol. The number of nitrogens with one attached hydrogen (secondary N) is 1. The van der Waals surface area contributed by atoms with Crippen molar-refractivity contribution >= 4 is 23.4 Å². The first-order valence-corrected chi connectivity index (χ1v) is 9.39. The summed E-state index contributed by atoms with van der Waals surface area (Å²) >= 11 is 1.50. The molecule has 0 unspecified atom stereocenters. The predicted molar refractivity (Wildman–Crippen MR) is 106 cm³/mol. The van der Waals surface area contributed by atoms with E-state index >= 15 is 0 Å². The Morgan fingerprint density at radius 1 is 1.19 bits per heavy atom. The first-order chi connectivity index (χ1) is 13.0. The van der Waals surface area contributed by atoms with E-state index in [1.807, 2.05) is 25.1 Å². The lowest BCUT2D eigenvalue weighted by molar-refractivity contribution is -0.120. The Bertz CT molecular complexity index is 794. The number of hydrogen-bond acceptors (Lipinski definition) is 5. The molecule has 0 aromatic heterocycles. The Balaban J connectivity index is 1.87. The molecule has 1 N–H and O–H groups in total. The Morgan fingerprint density at radius 3 is 2.59 bits per heavy atom. The maximum absolute atomic E-state index is 12.9. The lowest BCUT2D eigenvalue weighted by atomic mass is 10.1. The summed E-state index contributed by atoms with van der Waals surface area (Å²) < 4.78 is 23.3. The van der Waals surface area contributed by atoms with Gasteiger partial charge in [0.25, 0.3) is 0 Å². The number of hydrogen-bond donors (Lipinski definition) is 1. The highest BCUT2D eigenvalue weighted by atomic mass is 32.2. The van der Waals surface area contributed by atoms with E-state index in [9.17, 15) is 9.18 Å². The van der Waals surface area contributed by atoms with Crippen LogP contribution in [0.3, 0.4) is 0 Å². The van der Waals surface area contributed by atoms with Crippen molar-refractivity contribution in [2.24, 2.45) is 5.10 Å². The monoisotopic (exact) mass is 390 g/mol. The second kappa shape index (κ2) is 10.7. The van der Waals surface area contributed by atoms with Crippen LogP contribution in [0.5, 0.6) is 5.75 Å². The Kier molecular flexibility index (Phi) is 8.29. The average Bonchev–Trinajstić information content (AvgIpc) is 2.68. The van der Waals surface area contributed by atoms with Crippen LogP contribution in [0.4, 0.5) is 4.39 Å². The highest BCUT2D eigenvalue weighted by Gasteiger charge is 2.07. The minimum absolute atomic E-state index is 0.172. The molecule has 2 aromatic rings. The number of carbonyl (C=O) groups is 1. The van der Waals surface area contributed by atoms with Gasteiger partial charge in [-0.2, -0.15) is 5.10 Å². The molecule has 0 radical (unpaired) electrons. The summed E-state index contributed by atoms with van der Waals surface area (Å²) in [4.78, 5) is 12.9. The summed E-state index contributed by atoms with van der Waals surface area (Å²) in [6.07, 6.45) is 0.316. The van der Waals surface area contributed by atoms with Gasteiger partial charge in [-0.1, -0.05) is 0 Å². The van der Waals surface area contributed by atoms with Gasteiger partial charge >= 0.3 is 0 Å². The van der Waals surface area contributed by atoms with Crippen LogP contribution in [0.25, 0.3) is 0 Å². The predicted octanol–water partition coefficient (Wildman–Crippen LogP) is 4.00. The first-order valence-electron chi connectivity index (χ1n) is 8.41. The molecule has 0 saturated carbocycles. The lowest BCUT2D eigenvalue weighted by Gasteiger charge is -2.10. The van der Waals surface area contributed by atoms with Gasteiger partial charge < -0.3 is 9.47 Å². The van der Waals surface area contributed by atoms with Crippen LogP contribution in [0.1, 0.15) is 24.5 Å². The zero-order valence-corrected chi connectivity index (χ0v) is 16.4. The van der Waals surface area contributed by atoms with Crippen LogP contribution in [0.2, 0.25) is 0 Å². The molecule has 2 aromatic carbocycles. The molecule has 0 saturated heterocycles. The Morgan fingerprint density at radius 2 is 1.93 bits per heavy atom. The van der Waals surface area contributed by atoms with E-state index in [2.05, 4.69) is 10.5 Å². The third-order valence-corrected chi connectivity index (χ3v) is 4.77. The second-order valence-corrected chi connectivity index (χ2v) is 6.91. The summed E-state index contributed by atoms with van der Waals surface area (Å²) in [6, 6.07) is 11.9. The number of nitrogens with zero attached hydrogens (tertiary/aromatic N) is 1. The number of benzene rings is 2. The van der Waals surface area contributed by atoms with Gasteiger partial charge in [0.15, 0.2) is 0 Å². The third-order valence-electron chi connectivity index (χ3n) is 3.76. The summed E-state index contributed by atoms with van der Waals surface area (Å²) in [5, 5.41) is 4.16. The molecular formula is C20H23FN2O3S. The maximum atomic E-state index is 12.9. The largest absolute Gasteiger partial charge is 0.496 e. The van der Waals surface area contributed by atoms with Crippen molar-refractivity contribution in [2.45, 2.75) is 24.8 Å². The summed E-state index contributed by atoms with van der Waals surface area (Å²) in [6.45, 7) is 2.25. The Labute approximate surface area is 163 Å². The number of amides is 1. The lowest BCUT2D eigenvalue weighted by Crippen LogP contribution is -2.19. The molecule has 5 nitrogen and oxygen atoms in total. The number of halogens is 1. The molecule has 0 spiro atoms. The highest BCUT2D eigenvalue weighted by Crippen LogP contribution is 2.21. The van der Waals surface area contributed by atoms with Gasteiger partial charge in [0.05, 0.1) is 19.4 Å². The van der Waals surface area contributed by atoms with Crippen molar-refractivity contribution in [3.63, 3.8) is 0 Å². The molecule has 0 fully saturated rings. The van der Waals surface area contributed by atoms with Gasteiger partial charge in [-0.15, -0.1) is 11.8 Å². The van der Waals surface area contributed by atoms with Gasteiger partial charge in [-0.25, -0.2) is 9.82 Å². The van der Waals surface area contributed by atoms with Crippen LogP contribution in [-0.2, 0) is 16.1 Å². The van der Waals surface area contributed by atoms with Gasteiger partial charge in [0.2, 0.25) is 5.91 Å². The van der Waals surface area contributed by atoms with Crippen molar-refractivity contribution in [2.75, 3.05) is 20.0 Å². The summed E-state index contributed by atoms with van der Waals surface area (Å²) in [5.41, 5.74) is 5.05. The summed E-state index contributed by atoms with van der Waals surface area (Å²) in [5.74, 6) is 0.894. The van der Waals surface area contributed by atoms with E-state index in [0.717, 1.165) is 21.8 Å². The quantitative estimate of drug-likeness (QED) is 0.399. The zero-order valence-electron chi connectivity index (χ0n) is 15.6. The van der Waals surface area contributed by atoms with Crippen LogP contribution >= 0.6 is 11.8 Å². The summed E-state index contributed by atoms with van der Waals surface area (Å²) in [7, 11) is 3.23. The van der Waals surface area contributed by atoms with Crippen LogP contribution in [-0.4, -0.2) is 31.6 Å². The molecule has 0 aliphatic heterocycles. The topological polar surface area (TPSA) is 59.9 Å².